The largest absolute Gasteiger partial charge is 0.379 e. The van der Waals surface area contributed by atoms with Crippen LogP contribution in [0.5, 0.6) is 0 Å². The summed E-state index contributed by atoms with van der Waals surface area (Å²) < 4.78 is 58.0. The molecule has 1 amide bonds. The maximum Gasteiger partial charge on any atom is 0.379 e. The Hall–Kier alpha value is -2.59. The van der Waals surface area contributed by atoms with Crippen molar-refractivity contribution in [3.05, 3.63) is 65.2 Å². The maximum atomic E-state index is 12.7. The third-order valence-electron chi connectivity index (χ3n) is 6.43. The van der Waals surface area contributed by atoms with E-state index in [4.69, 9.17) is 4.74 Å². The molecule has 2 aromatic carbocycles. The molecular formula is C25H33F3N2O4S. The Morgan fingerprint density at radius 1 is 1.11 bits per heavy atom. The summed E-state index contributed by atoms with van der Waals surface area (Å²) in [6.07, 6.45) is 1.81. The van der Waals surface area contributed by atoms with Crippen molar-refractivity contribution in [1.29, 1.82) is 0 Å². The average molecular weight is 515 g/mol. The lowest BCUT2D eigenvalue weighted by Gasteiger charge is -2.26. The van der Waals surface area contributed by atoms with Crippen molar-refractivity contribution in [2.75, 3.05) is 31.0 Å². The number of rotatable bonds is 6. The minimum atomic E-state index is -3.67. The number of carbonyl (C=O) groups is 1. The number of halogens is 3. The summed E-state index contributed by atoms with van der Waals surface area (Å²) in [5.74, 6) is 0.0733. The molecule has 1 aliphatic heterocycles. The first-order valence-electron chi connectivity index (χ1n) is 11.4. The molecule has 1 aliphatic carbocycles. The maximum absolute atomic E-state index is 12.7. The fraction of sp³-hybridized carbons (Fsp3) is 0.480. The molecule has 0 aromatic heterocycles. The van der Waals surface area contributed by atoms with Crippen molar-refractivity contribution in [3.8, 4) is 0 Å². The third kappa shape index (κ3) is 7.44. The van der Waals surface area contributed by atoms with Gasteiger partial charge in [-0.1, -0.05) is 36.4 Å². The summed E-state index contributed by atoms with van der Waals surface area (Å²) in [4.78, 5) is 14.4. The second-order valence-corrected chi connectivity index (χ2v) is 11.2. The van der Waals surface area contributed by atoms with E-state index in [1.54, 1.807) is 19.1 Å². The predicted molar refractivity (Wildman–Crippen MR) is 131 cm³/mol. The first-order valence-corrected chi connectivity index (χ1v) is 13.3. The Bertz CT molecular complexity index is 1090. The molecule has 0 spiro atoms. The number of carbonyl (C=O) groups excluding carboxylic acids is 1. The van der Waals surface area contributed by atoms with Gasteiger partial charge in [0.25, 0.3) is 0 Å². The van der Waals surface area contributed by atoms with Gasteiger partial charge in [-0.2, -0.15) is 13.2 Å². The highest BCUT2D eigenvalue weighted by molar-refractivity contribution is 7.91. The van der Waals surface area contributed by atoms with Crippen LogP contribution in [0.4, 0.5) is 18.9 Å². The fourth-order valence-corrected chi connectivity index (χ4v) is 6.19. The first-order chi connectivity index (χ1) is 16.6. The van der Waals surface area contributed by atoms with E-state index >= 15 is 0 Å². The minimum absolute atomic E-state index is 0. The van der Waals surface area contributed by atoms with Gasteiger partial charge in [0.2, 0.25) is 5.91 Å². The van der Waals surface area contributed by atoms with Crippen LogP contribution in [0, 0.1) is 5.92 Å². The van der Waals surface area contributed by atoms with E-state index in [2.05, 4.69) is 23.5 Å². The number of alkyl halides is 3. The van der Waals surface area contributed by atoms with E-state index in [1.165, 1.54) is 11.1 Å². The van der Waals surface area contributed by atoms with Crippen molar-refractivity contribution < 1.29 is 32.5 Å². The standard InChI is InChI=1S/C24H30N2O4S.CHF3.H2/c1-26(24(27)18-11-13-31(28,29)14-12-18)16-17-7-9-20(10-8-17)25-22-15-19-5-3-4-6-21(19)23(22)30-2;2-1(3)4;/h3-10,18,22-23,25H,11-16H2,1-2H3;1H;1H/t22-,23-;;/m1../s1. The minimum Gasteiger partial charge on any atom is -0.379 e. The highest BCUT2D eigenvalue weighted by Gasteiger charge is 2.32. The molecule has 1 N–H and O–H groups in total. The summed E-state index contributed by atoms with van der Waals surface area (Å²) in [6, 6.07) is 16.7. The van der Waals surface area contributed by atoms with Crippen LogP contribution in [-0.2, 0) is 32.3 Å². The molecule has 0 radical (unpaired) electrons. The number of hydrogen-bond acceptors (Lipinski definition) is 5. The zero-order chi connectivity index (χ0) is 25.6. The van der Waals surface area contributed by atoms with Crippen LogP contribution in [0.2, 0.25) is 0 Å². The van der Waals surface area contributed by atoms with E-state index in [-0.39, 0.29) is 36.9 Å². The highest BCUT2D eigenvalue weighted by Crippen LogP contribution is 2.35. The molecule has 194 valence electrons. The molecule has 2 aromatic rings. The number of fused-ring (bicyclic) bond motifs is 1. The Morgan fingerprint density at radius 3 is 2.31 bits per heavy atom. The van der Waals surface area contributed by atoms with Crippen molar-refractivity contribution >= 4 is 21.4 Å². The smallest absolute Gasteiger partial charge is 0.379 e. The van der Waals surface area contributed by atoms with Crippen LogP contribution in [-0.4, -0.2) is 57.6 Å². The van der Waals surface area contributed by atoms with Gasteiger partial charge in [-0.15, -0.1) is 0 Å². The number of benzene rings is 2. The van der Waals surface area contributed by atoms with Gasteiger partial charge >= 0.3 is 6.68 Å². The fourth-order valence-electron chi connectivity index (χ4n) is 4.70. The normalized spacial score (nSPS) is 21.1. The molecule has 2 aliphatic rings. The SMILES string of the molecule is CO[C@@H]1c2ccccc2C[C@H]1Nc1ccc(CN(C)C(=O)C2CCS(=O)(=O)CC2)cc1.FC(F)F.[HH]. The van der Waals surface area contributed by atoms with Gasteiger partial charge in [0.1, 0.15) is 15.9 Å². The van der Waals surface area contributed by atoms with Crippen LogP contribution in [0.1, 0.15) is 37.1 Å². The molecule has 4 rings (SSSR count). The number of ether oxygens (including phenoxy) is 1. The Labute approximate surface area is 205 Å². The summed E-state index contributed by atoms with van der Waals surface area (Å²) in [5.41, 5.74) is 4.63. The lowest BCUT2D eigenvalue weighted by Crippen LogP contribution is -2.37. The molecule has 1 fully saturated rings. The lowest BCUT2D eigenvalue weighted by atomic mass is 10.0. The third-order valence-corrected chi connectivity index (χ3v) is 8.14. The second kappa shape index (κ2) is 11.9. The van der Waals surface area contributed by atoms with Gasteiger partial charge in [0, 0.05) is 33.7 Å². The number of amides is 1. The zero-order valence-corrected chi connectivity index (χ0v) is 20.6. The van der Waals surface area contributed by atoms with Crippen molar-refractivity contribution in [1.82, 2.24) is 4.90 Å². The number of anilines is 1. The van der Waals surface area contributed by atoms with E-state index in [0.29, 0.717) is 19.4 Å². The Morgan fingerprint density at radius 2 is 1.71 bits per heavy atom. The van der Waals surface area contributed by atoms with Gasteiger partial charge in [0.05, 0.1) is 17.5 Å². The zero-order valence-electron chi connectivity index (χ0n) is 19.8. The second-order valence-electron chi connectivity index (χ2n) is 8.87. The summed E-state index contributed by atoms with van der Waals surface area (Å²) in [7, 11) is 0.579. The summed E-state index contributed by atoms with van der Waals surface area (Å²) >= 11 is 0. The van der Waals surface area contributed by atoms with Gasteiger partial charge in [-0.3, -0.25) is 4.79 Å². The van der Waals surface area contributed by atoms with E-state index in [0.717, 1.165) is 17.7 Å². The monoisotopic (exact) mass is 514 g/mol. The van der Waals surface area contributed by atoms with E-state index < -0.39 is 16.5 Å². The molecule has 1 saturated heterocycles. The molecular weight excluding hydrogens is 481 g/mol. The quantitative estimate of drug-likeness (QED) is 0.609. The molecule has 35 heavy (non-hydrogen) atoms. The molecule has 1 heterocycles. The number of sulfone groups is 1. The van der Waals surface area contributed by atoms with Crippen LogP contribution >= 0.6 is 0 Å². The van der Waals surface area contributed by atoms with Crippen LogP contribution in [0.25, 0.3) is 0 Å². The summed E-state index contributed by atoms with van der Waals surface area (Å²) in [6.45, 7) is -3.15. The van der Waals surface area contributed by atoms with Gasteiger partial charge in [0.15, 0.2) is 0 Å². The lowest BCUT2D eigenvalue weighted by molar-refractivity contribution is -0.135. The number of nitrogens with zero attached hydrogens (tertiary/aromatic N) is 1. The summed E-state index contributed by atoms with van der Waals surface area (Å²) in [5, 5.41) is 3.59. The van der Waals surface area contributed by atoms with Crippen molar-refractivity contribution in [2.24, 2.45) is 5.92 Å². The van der Waals surface area contributed by atoms with Gasteiger partial charge in [-0.25, -0.2) is 8.42 Å². The number of hydrogen-bond donors (Lipinski definition) is 1. The van der Waals surface area contributed by atoms with Crippen LogP contribution in [0.15, 0.2) is 48.5 Å². The van der Waals surface area contributed by atoms with Crippen molar-refractivity contribution in [2.45, 2.75) is 44.6 Å². The average Bonchev–Trinajstić information content (AvgIpc) is 3.16. The predicted octanol–water partition coefficient (Wildman–Crippen LogP) is 4.62. The van der Waals surface area contributed by atoms with Gasteiger partial charge in [-0.05, 0) is 48.1 Å². The molecule has 0 bridgehead atoms. The van der Waals surface area contributed by atoms with Gasteiger partial charge < -0.3 is 15.0 Å². The van der Waals surface area contributed by atoms with Crippen LogP contribution in [0.3, 0.4) is 0 Å². The first kappa shape index (κ1) is 27.0. The molecule has 6 nitrogen and oxygen atoms in total. The molecule has 0 saturated carbocycles. The molecule has 2 atom stereocenters. The number of methoxy groups -OCH3 is 1. The van der Waals surface area contributed by atoms with E-state index in [9.17, 15) is 26.4 Å². The molecule has 10 heteroatoms. The van der Waals surface area contributed by atoms with E-state index in [1.807, 2.05) is 30.3 Å². The Balaban J connectivity index is 0.000000850. The molecule has 0 unspecified atom stereocenters. The topological polar surface area (TPSA) is 75.7 Å². The van der Waals surface area contributed by atoms with Crippen LogP contribution < -0.4 is 5.32 Å². The highest BCUT2D eigenvalue weighted by atomic mass is 32.2. The van der Waals surface area contributed by atoms with Crippen molar-refractivity contribution in [3.63, 3.8) is 0 Å². The Kier molecular flexibility index (Phi) is 9.18. The number of nitrogens with one attached hydrogen (secondary N) is 1.